The topological polar surface area (TPSA) is 75.3 Å². The molecule has 25 heavy (non-hydrogen) atoms. The average molecular weight is 335 g/mol. The number of pyridine rings is 1. The lowest BCUT2D eigenvalue weighted by atomic mass is 10.0. The summed E-state index contributed by atoms with van der Waals surface area (Å²) in [5.41, 5.74) is 4.23. The summed E-state index contributed by atoms with van der Waals surface area (Å²) in [7, 11) is 1.37. The Morgan fingerprint density at radius 3 is 2.88 bits per heavy atom. The summed E-state index contributed by atoms with van der Waals surface area (Å²) in [5.74, 6) is -0.395. The molecule has 0 spiro atoms. The van der Waals surface area contributed by atoms with Crippen molar-refractivity contribution in [2.24, 2.45) is 0 Å². The number of nitrogens with one attached hydrogen (secondary N) is 1. The Morgan fingerprint density at radius 1 is 1.24 bits per heavy atom. The molecule has 0 bridgehead atoms. The first kappa shape index (κ1) is 15.4. The van der Waals surface area contributed by atoms with Crippen LogP contribution < -0.4 is 0 Å². The molecule has 1 aliphatic rings. The van der Waals surface area contributed by atoms with Crippen molar-refractivity contribution in [3.05, 3.63) is 65.1 Å². The van der Waals surface area contributed by atoms with E-state index < -0.39 is 0 Å². The number of esters is 1. The predicted molar refractivity (Wildman–Crippen MR) is 92.3 cm³/mol. The predicted octanol–water partition coefficient (Wildman–Crippen LogP) is 2.55. The highest BCUT2D eigenvalue weighted by atomic mass is 16.5. The van der Waals surface area contributed by atoms with Gasteiger partial charge < -0.3 is 14.6 Å². The van der Waals surface area contributed by atoms with Crippen LogP contribution in [0.3, 0.4) is 0 Å². The van der Waals surface area contributed by atoms with Crippen LogP contribution in [0.1, 0.15) is 32.0 Å². The monoisotopic (exact) mass is 335 g/mol. The van der Waals surface area contributed by atoms with Gasteiger partial charge in [0.05, 0.1) is 18.2 Å². The molecular formula is C19H17N3O3. The highest BCUT2D eigenvalue weighted by Gasteiger charge is 2.25. The summed E-state index contributed by atoms with van der Waals surface area (Å²) in [6.45, 7) is 1.16. The summed E-state index contributed by atoms with van der Waals surface area (Å²) < 4.78 is 4.80. The fourth-order valence-electron chi connectivity index (χ4n) is 3.30. The Kier molecular flexibility index (Phi) is 3.72. The number of ether oxygens (including phenoxy) is 1. The molecule has 0 fully saturated rings. The number of aromatic amines is 1. The Labute approximate surface area is 144 Å². The number of hydrogen-bond acceptors (Lipinski definition) is 4. The van der Waals surface area contributed by atoms with Crippen molar-refractivity contribution in [3.63, 3.8) is 0 Å². The Balaban J connectivity index is 1.69. The van der Waals surface area contributed by atoms with Crippen molar-refractivity contribution in [1.82, 2.24) is 14.9 Å². The normalized spacial score (nSPS) is 13.6. The first-order chi connectivity index (χ1) is 12.2. The average Bonchev–Trinajstić information content (AvgIpc) is 3.04. The number of nitrogens with zero attached hydrogens (tertiary/aromatic N) is 2. The lowest BCUT2D eigenvalue weighted by Crippen LogP contribution is -2.35. The number of hydrogen-bond donors (Lipinski definition) is 1. The van der Waals surface area contributed by atoms with E-state index in [2.05, 4.69) is 9.97 Å². The molecule has 1 aliphatic heterocycles. The highest BCUT2D eigenvalue weighted by Crippen LogP contribution is 2.29. The van der Waals surface area contributed by atoms with Gasteiger partial charge in [-0.2, -0.15) is 0 Å². The van der Waals surface area contributed by atoms with Crippen LogP contribution in [0.4, 0.5) is 0 Å². The number of methoxy groups -OCH3 is 1. The van der Waals surface area contributed by atoms with Crippen molar-refractivity contribution >= 4 is 22.8 Å². The van der Waals surface area contributed by atoms with E-state index in [1.54, 1.807) is 30.6 Å². The second kappa shape index (κ2) is 6.05. The third kappa shape index (κ3) is 2.65. The van der Waals surface area contributed by atoms with E-state index in [9.17, 15) is 9.59 Å². The molecule has 3 aromatic rings. The summed E-state index contributed by atoms with van der Waals surface area (Å²) in [6.07, 6.45) is 3.99. The lowest BCUT2D eigenvalue weighted by Gasteiger charge is -2.27. The van der Waals surface area contributed by atoms with Gasteiger partial charge in [0, 0.05) is 54.1 Å². The molecule has 1 amide bonds. The van der Waals surface area contributed by atoms with Crippen molar-refractivity contribution in [2.75, 3.05) is 13.7 Å². The number of H-pyrrole nitrogens is 1. The molecule has 0 aliphatic carbocycles. The Bertz CT molecular complexity index is 963. The van der Waals surface area contributed by atoms with Gasteiger partial charge in [0.2, 0.25) is 0 Å². The molecule has 6 nitrogen and oxygen atoms in total. The molecule has 126 valence electrons. The molecular weight excluding hydrogens is 318 g/mol. The number of benzene rings is 1. The van der Waals surface area contributed by atoms with E-state index in [4.69, 9.17) is 4.74 Å². The van der Waals surface area contributed by atoms with Gasteiger partial charge in [-0.25, -0.2) is 4.79 Å². The smallest absolute Gasteiger partial charge is 0.337 e. The molecule has 0 unspecified atom stereocenters. The van der Waals surface area contributed by atoms with Crippen molar-refractivity contribution in [2.45, 2.75) is 13.0 Å². The van der Waals surface area contributed by atoms with Gasteiger partial charge in [-0.05, 0) is 30.3 Å². The quantitative estimate of drug-likeness (QED) is 0.730. The number of rotatable bonds is 2. The number of carbonyl (C=O) groups is 2. The van der Waals surface area contributed by atoms with E-state index >= 15 is 0 Å². The highest BCUT2D eigenvalue weighted by molar-refractivity contribution is 5.97. The standard InChI is InChI=1S/C19H17N3O3/c1-25-19(24)12-4-5-16-14(9-12)15-11-22(8-6-17(15)21-16)18(23)13-3-2-7-20-10-13/h2-5,7,9-10,21H,6,8,11H2,1H3. The summed E-state index contributed by atoms with van der Waals surface area (Å²) in [4.78, 5) is 33.7. The van der Waals surface area contributed by atoms with Crippen molar-refractivity contribution in [1.29, 1.82) is 0 Å². The summed E-state index contributed by atoms with van der Waals surface area (Å²) in [5, 5.41) is 0.960. The van der Waals surface area contributed by atoms with E-state index in [0.717, 1.165) is 28.6 Å². The van der Waals surface area contributed by atoms with Gasteiger partial charge in [-0.15, -0.1) is 0 Å². The summed E-state index contributed by atoms with van der Waals surface area (Å²) >= 11 is 0. The maximum absolute atomic E-state index is 12.7. The Hall–Kier alpha value is -3.15. The first-order valence-corrected chi connectivity index (χ1v) is 8.08. The molecule has 0 atom stereocenters. The maximum Gasteiger partial charge on any atom is 0.337 e. The van der Waals surface area contributed by atoms with Crippen LogP contribution in [0.5, 0.6) is 0 Å². The minimum atomic E-state index is -0.365. The van der Waals surface area contributed by atoms with Crippen LogP contribution >= 0.6 is 0 Å². The summed E-state index contributed by atoms with van der Waals surface area (Å²) in [6, 6.07) is 8.99. The second-order valence-corrected chi connectivity index (χ2v) is 6.05. The van der Waals surface area contributed by atoms with Crippen molar-refractivity contribution < 1.29 is 14.3 Å². The largest absolute Gasteiger partial charge is 0.465 e. The number of fused-ring (bicyclic) bond motifs is 3. The van der Waals surface area contributed by atoms with Gasteiger partial charge in [0.25, 0.3) is 5.91 Å². The molecule has 1 aromatic carbocycles. The van der Waals surface area contributed by atoms with Gasteiger partial charge in [-0.3, -0.25) is 9.78 Å². The third-order valence-electron chi connectivity index (χ3n) is 4.59. The van der Waals surface area contributed by atoms with E-state index in [1.165, 1.54) is 7.11 Å². The molecule has 2 aromatic heterocycles. The van der Waals surface area contributed by atoms with Gasteiger partial charge >= 0.3 is 5.97 Å². The zero-order valence-electron chi connectivity index (χ0n) is 13.8. The van der Waals surface area contributed by atoms with Crippen molar-refractivity contribution in [3.8, 4) is 0 Å². The van der Waals surface area contributed by atoms with Crippen LogP contribution in [0.2, 0.25) is 0 Å². The molecule has 0 saturated carbocycles. The van der Waals surface area contributed by atoms with Gasteiger partial charge in [0.15, 0.2) is 0 Å². The third-order valence-corrected chi connectivity index (χ3v) is 4.59. The zero-order valence-corrected chi connectivity index (χ0v) is 13.8. The van der Waals surface area contributed by atoms with Crippen LogP contribution in [0, 0.1) is 0 Å². The number of aromatic nitrogens is 2. The molecule has 4 rings (SSSR count). The van der Waals surface area contributed by atoms with Crippen LogP contribution in [-0.2, 0) is 17.7 Å². The second-order valence-electron chi connectivity index (χ2n) is 6.05. The SMILES string of the molecule is COC(=O)c1ccc2[nH]c3c(c2c1)CN(C(=O)c1cccnc1)CC3. The minimum Gasteiger partial charge on any atom is -0.465 e. The van der Waals surface area contributed by atoms with E-state index in [0.29, 0.717) is 24.2 Å². The number of carbonyl (C=O) groups excluding carboxylic acids is 2. The van der Waals surface area contributed by atoms with Crippen LogP contribution in [0.15, 0.2) is 42.7 Å². The number of amides is 1. The maximum atomic E-state index is 12.7. The lowest BCUT2D eigenvalue weighted by molar-refractivity contribution is 0.0600. The fraction of sp³-hybridized carbons (Fsp3) is 0.211. The van der Waals surface area contributed by atoms with Crippen LogP contribution in [0.25, 0.3) is 10.9 Å². The van der Waals surface area contributed by atoms with E-state index in [1.807, 2.05) is 17.0 Å². The first-order valence-electron chi connectivity index (χ1n) is 8.08. The van der Waals surface area contributed by atoms with Gasteiger partial charge in [-0.1, -0.05) is 0 Å². The molecule has 3 heterocycles. The zero-order chi connectivity index (χ0) is 17.4. The van der Waals surface area contributed by atoms with E-state index in [-0.39, 0.29) is 11.9 Å². The minimum absolute atomic E-state index is 0.0303. The molecule has 0 saturated heterocycles. The molecule has 0 radical (unpaired) electrons. The fourth-order valence-corrected chi connectivity index (χ4v) is 3.30. The van der Waals surface area contributed by atoms with Crippen LogP contribution in [-0.4, -0.2) is 40.4 Å². The molecule has 6 heteroatoms. The molecule has 1 N–H and O–H groups in total. The van der Waals surface area contributed by atoms with Gasteiger partial charge in [0.1, 0.15) is 0 Å². The Morgan fingerprint density at radius 2 is 2.12 bits per heavy atom.